The summed E-state index contributed by atoms with van der Waals surface area (Å²) in [5, 5.41) is 21.0. The van der Waals surface area contributed by atoms with E-state index in [1.54, 1.807) is 12.1 Å². The van der Waals surface area contributed by atoms with Gasteiger partial charge in [-0.05, 0) is 48.5 Å². The van der Waals surface area contributed by atoms with Gasteiger partial charge in [0.15, 0.2) is 5.78 Å². The Labute approximate surface area is 192 Å². The van der Waals surface area contributed by atoms with Crippen molar-refractivity contribution in [3.63, 3.8) is 0 Å². The maximum Gasteiger partial charge on any atom is 0.202 e. The average Bonchev–Trinajstić information content (AvgIpc) is 2.81. The number of aromatic hydroxyl groups is 2. The maximum absolute atomic E-state index is 13.8. The van der Waals surface area contributed by atoms with Gasteiger partial charge < -0.3 is 10.2 Å². The normalized spacial score (nSPS) is 12.4. The topological polar surface area (TPSA) is 74.6 Å². The average molecular weight is 457 g/mol. The van der Waals surface area contributed by atoms with Gasteiger partial charge in [0.05, 0.1) is 22.3 Å². The molecule has 0 saturated carbocycles. The highest BCUT2D eigenvalue weighted by molar-refractivity contribution is 7.99. The molecule has 0 aromatic heterocycles. The van der Waals surface area contributed by atoms with Crippen LogP contribution in [0.4, 0.5) is 0 Å². The Morgan fingerprint density at radius 3 is 1.25 bits per heavy atom. The number of hydrogen-bond acceptors (Lipinski definition) is 6. The first-order chi connectivity index (χ1) is 15.5. The van der Waals surface area contributed by atoms with E-state index in [1.807, 2.05) is 60.7 Å². The largest absolute Gasteiger partial charge is 0.507 e. The number of hydrogen-bond donors (Lipinski definition) is 2. The van der Waals surface area contributed by atoms with Crippen molar-refractivity contribution in [3.05, 3.63) is 107 Å². The number of phenols is 2. The van der Waals surface area contributed by atoms with Gasteiger partial charge in [0.25, 0.3) is 0 Å². The summed E-state index contributed by atoms with van der Waals surface area (Å²) in [6, 6.07) is 25.1. The summed E-state index contributed by atoms with van der Waals surface area (Å²) in [4.78, 5) is 30.2. The second-order valence-corrected chi connectivity index (χ2v) is 9.38. The van der Waals surface area contributed by atoms with Crippen molar-refractivity contribution in [2.45, 2.75) is 19.6 Å². The number of phenolic OH excluding ortho intramolecular Hbond substituents is 2. The summed E-state index contributed by atoms with van der Waals surface area (Å²) in [5.74, 6) is -1.50. The van der Waals surface area contributed by atoms with Crippen molar-refractivity contribution in [1.29, 1.82) is 0 Å². The van der Waals surface area contributed by atoms with E-state index in [2.05, 4.69) is 0 Å². The Morgan fingerprint density at radius 1 is 0.469 bits per heavy atom. The van der Waals surface area contributed by atoms with Gasteiger partial charge in [0, 0.05) is 19.6 Å². The van der Waals surface area contributed by atoms with Gasteiger partial charge in [-0.2, -0.15) is 0 Å². The van der Waals surface area contributed by atoms with Crippen molar-refractivity contribution in [3.8, 4) is 11.5 Å². The molecule has 0 radical (unpaired) electrons. The number of rotatable bonds is 4. The number of fused-ring (bicyclic) bond motifs is 2. The van der Waals surface area contributed by atoms with Gasteiger partial charge in [0.2, 0.25) is 5.78 Å². The van der Waals surface area contributed by atoms with E-state index >= 15 is 0 Å². The molecule has 0 fully saturated rings. The van der Waals surface area contributed by atoms with E-state index in [-0.39, 0.29) is 33.8 Å². The molecule has 1 aliphatic rings. The molecule has 1 aliphatic carbocycles. The van der Waals surface area contributed by atoms with Crippen LogP contribution < -0.4 is 0 Å². The summed E-state index contributed by atoms with van der Waals surface area (Å²) in [5.41, 5.74) is 0.190. The van der Waals surface area contributed by atoms with E-state index in [1.165, 1.54) is 35.7 Å². The second kappa shape index (κ2) is 8.22. The van der Waals surface area contributed by atoms with E-state index in [0.717, 1.165) is 9.79 Å². The first-order valence-corrected chi connectivity index (χ1v) is 11.4. The quantitative estimate of drug-likeness (QED) is 0.337. The Kier molecular flexibility index (Phi) is 5.25. The van der Waals surface area contributed by atoms with Crippen molar-refractivity contribution < 1.29 is 19.8 Å². The van der Waals surface area contributed by atoms with Gasteiger partial charge in [0.1, 0.15) is 11.5 Å². The molecule has 0 saturated heterocycles. The minimum Gasteiger partial charge on any atom is -0.507 e. The molecule has 0 bridgehead atoms. The SMILES string of the molecule is O=C1c2c(O)ccc(Sc3ccccc3)c2C(=O)c2c(Sc3ccccc3)ccc(O)c21. The molecule has 4 aromatic carbocycles. The molecule has 2 N–H and O–H groups in total. The van der Waals surface area contributed by atoms with Gasteiger partial charge in [-0.3, -0.25) is 9.59 Å². The van der Waals surface area contributed by atoms with E-state index in [9.17, 15) is 19.8 Å². The van der Waals surface area contributed by atoms with Gasteiger partial charge >= 0.3 is 0 Å². The number of benzene rings is 4. The highest BCUT2D eigenvalue weighted by atomic mass is 32.2. The van der Waals surface area contributed by atoms with Gasteiger partial charge in [-0.15, -0.1) is 0 Å². The van der Waals surface area contributed by atoms with E-state index < -0.39 is 11.6 Å². The first-order valence-electron chi connectivity index (χ1n) is 9.81. The molecule has 32 heavy (non-hydrogen) atoms. The highest BCUT2D eigenvalue weighted by Gasteiger charge is 2.38. The highest BCUT2D eigenvalue weighted by Crippen LogP contribution is 2.45. The van der Waals surface area contributed by atoms with Crippen molar-refractivity contribution in [1.82, 2.24) is 0 Å². The van der Waals surface area contributed by atoms with Crippen LogP contribution in [-0.2, 0) is 0 Å². The van der Waals surface area contributed by atoms with Gasteiger partial charge in [-0.1, -0.05) is 59.9 Å². The monoisotopic (exact) mass is 456 g/mol. The van der Waals surface area contributed by atoms with Crippen LogP contribution in [-0.4, -0.2) is 21.8 Å². The Bertz CT molecular complexity index is 1260. The van der Waals surface area contributed by atoms with Crippen LogP contribution in [0.2, 0.25) is 0 Å². The molecule has 0 amide bonds. The van der Waals surface area contributed by atoms with Crippen LogP contribution in [0.25, 0.3) is 0 Å². The van der Waals surface area contributed by atoms with Crippen LogP contribution in [0.3, 0.4) is 0 Å². The van der Waals surface area contributed by atoms with E-state index in [0.29, 0.717) is 9.79 Å². The van der Waals surface area contributed by atoms with Crippen LogP contribution in [0.15, 0.2) is 105 Å². The summed E-state index contributed by atoms with van der Waals surface area (Å²) in [6.07, 6.45) is 0. The first kappa shape index (κ1) is 20.4. The van der Waals surface area contributed by atoms with Crippen LogP contribution >= 0.6 is 23.5 Å². The molecule has 0 aliphatic heterocycles. The van der Waals surface area contributed by atoms with Crippen LogP contribution in [0.1, 0.15) is 31.8 Å². The molecule has 156 valence electrons. The fourth-order valence-corrected chi connectivity index (χ4v) is 5.67. The lowest BCUT2D eigenvalue weighted by atomic mass is 9.83. The minimum absolute atomic E-state index is 0.0689. The van der Waals surface area contributed by atoms with Crippen LogP contribution in [0, 0.1) is 0 Å². The zero-order valence-corrected chi connectivity index (χ0v) is 18.2. The zero-order valence-electron chi connectivity index (χ0n) is 16.6. The molecule has 0 spiro atoms. The molecule has 4 nitrogen and oxygen atoms in total. The minimum atomic E-state index is -0.560. The summed E-state index contributed by atoms with van der Waals surface area (Å²) >= 11 is 2.70. The lowest BCUT2D eigenvalue weighted by Gasteiger charge is -2.23. The van der Waals surface area contributed by atoms with Crippen molar-refractivity contribution in [2.75, 3.05) is 0 Å². The molecule has 4 aromatic rings. The predicted octanol–water partition coefficient (Wildman–Crippen LogP) is 6.18. The lowest BCUT2D eigenvalue weighted by molar-refractivity contribution is 0.0969. The standard InChI is InChI=1S/C26H16O4S2/c27-17-11-13-19(31-15-7-3-1-4-8-15)23-21(17)25(29)22-18(28)12-14-20(24(22)26(23)30)32-16-9-5-2-6-10-16/h1-14,27-28H. The number of ketones is 2. The summed E-state index contributed by atoms with van der Waals surface area (Å²) in [6.45, 7) is 0. The second-order valence-electron chi connectivity index (χ2n) is 7.15. The Hall–Kier alpha value is -3.48. The molecular formula is C26H16O4S2. The number of carbonyl (C=O) groups is 2. The maximum atomic E-state index is 13.8. The molecule has 0 heterocycles. The number of carbonyl (C=O) groups excluding carboxylic acids is 2. The molecular weight excluding hydrogens is 440 g/mol. The molecule has 0 atom stereocenters. The summed E-state index contributed by atoms with van der Waals surface area (Å²) < 4.78 is 0. The Balaban J connectivity index is 1.69. The van der Waals surface area contributed by atoms with Gasteiger partial charge in [-0.25, -0.2) is 0 Å². The smallest absolute Gasteiger partial charge is 0.202 e. The van der Waals surface area contributed by atoms with Crippen molar-refractivity contribution in [2.24, 2.45) is 0 Å². The predicted molar refractivity (Wildman–Crippen MR) is 124 cm³/mol. The third kappa shape index (κ3) is 3.47. The Morgan fingerprint density at radius 2 is 0.844 bits per heavy atom. The third-order valence-electron chi connectivity index (χ3n) is 5.14. The molecule has 0 unspecified atom stereocenters. The van der Waals surface area contributed by atoms with Crippen molar-refractivity contribution >= 4 is 35.1 Å². The third-order valence-corrected chi connectivity index (χ3v) is 7.28. The lowest BCUT2D eigenvalue weighted by Crippen LogP contribution is -2.23. The summed E-state index contributed by atoms with van der Waals surface area (Å²) in [7, 11) is 0. The molecule has 5 rings (SSSR count). The fraction of sp³-hybridized carbons (Fsp3) is 0. The van der Waals surface area contributed by atoms with Crippen LogP contribution in [0.5, 0.6) is 11.5 Å². The fourth-order valence-electron chi connectivity index (χ4n) is 3.71. The van der Waals surface area contributed by atoms with E-state index in [4.69, 9.17) is 0 Å². The zero-order chi connectivity index (χ0) is 22.2. The molecule has 6 heteroatoms.